The third-order valence-corrected chi connectivity index (χ3v) is 8.00. The van der Waals surface area contributed by atoms with Crippen LogP contribution in [0.1, 0.15) is 33.1 Å². The molecule has 9 heteroatoms. The van der Waals surface area contributed by atoms with E-state index in [0.29, 0.717) is 25.0 Å². The average molecular weight is 574 g/mol. The van der Waals surface area contributed by atoms with Crippen LogP contribution in [0, 0.1) is 29.6 Å². The number of ether oxygens (including phenoxy) is 1. The average Bonchev–Trinajstić information content (AvgIpc) is 3.50. The summed E-state index contributed by atoms with van der Waals surface area (Å²) in [6.07, 6.45) is 7.52. The summed E-state index contributed by atoms with van der Waals surface area (Å²) in [6, 6.07) is 0.427. The minimum absolute atomic E-state index is 0. The van der Waals surface area contributed by atoms with E-state index in [2.05, 4.69) is 46.5 Å². The lowest BCUT2D eigenvalue weighted by Gasteiger charge is -2.39. The molecule has 5 unspecified atom stereocenters. The number of nitrogens with one attached hydrogen (secondary N) is 2. The predicted octanol–water partition coefficient (Wildman–Crippen LogP) is 1.71. The fourth-order valence-corrected chi connectivity index (χ4v) is 6.23. The summed E-state index contributed by atoms with van der Waals surface area (Å²) in [5.41, 5.74) is 0. The Labute approximate surface area is 215 Å². The van der Waals surface area contributed by atoms with Gasteiger partial charge in [0.15, 0.2) is 5.96 Å². The maximum Gasteiger partial charge on any atom is 0.233 e. The second-order valence-electron chi connectivity index (χ2n) is 9.50. The molecule has 186 valence electrons. The fraction of sp³-hybridized carbons (Fsp3) is 0.792. The molecular formula is C24H40IN5O3. The normalized spacial score (nSPS) is 30.1. The highest BCUT2D eigenvalue weighted by Crippen LogP contribution is 2.52. The number of imide groups is 1. The van der Waals surface area contributed by atoms with E-state index < -0.39 is 0 Å². The molecular weight excluding hydrogens is 533 g/mol. The van der Waals surface area contributed by atoms with E-state index in [1.54, 1.807) is 7.05 Å². The first-order valence-corrected chi connectivity index (χ1v) is 12.4. The standard InChI is InChI=1S/C24H39N5O3.HI/c1-4-16(5-2)19(28-10-12-32-13-11-28)15-27-24(25-3)26-8-9-29-22(30)20-17-6-7-18(14-17)21(20)23(29)31;/h6-7,16-21H,4-5,8-15H2,1-3H3,(H2,25,26,27);1H. The summed E-state index contributed by atoms with van der Waals surface area (Å²) in [7, 11) is 1.76. The molecule has 2 aliphatic carbocycles. The third kappa shape index (κ3) is 5.40. The van der Waals surface area contributed by atoms with Gasteiger partial charge in [0.2, 0.25) is 11.8 Å². The maximum absolute atomic E-state index is 12.8. The first-order chi connectivity index (χ1) is 15.6. The Morgan fingerprint density at radius 2 is 1.70 bits per heavy atom. The zero-order valence-electron chi connectivity index (χ0n) is 20.2. The first-order valence-electron chi connectivity index (χ1n) is 12.4. The molecule has 5 atom stereocenters. The lowest BCUT2D eigenvalue weighted by molar-refractivity contribution is -0.140. The molecule has 2 N–H and O–H groups in total. The molecule has 2 aliphatic heterocycles. The van der Waals surface area contributed by atoms with Gasteiger partial charge in [0.05, 0.1) is 25.0 Å². The quantitative estimate of drug-likeness (QED) is 0.144. The van der Waals surface area contributed by atoms with Gasteiger partial charge in [-0.3, -0.25) is 24.4 Å². The van der Waals surface area contributed by atoms with Gasteiger partial charge in [-0.05, 0) is 24.2 Å². The Morgan fingerprint density at radius 3 is 2.24 bits per heavy atom. The highest BCUT2D eigenvalue weighted by Gasteiger charge is 2.58. The molecule has 33 heavy (non-hydrogen) atoms. The fourth-order valence-electron chi connectivity index (χ4n) is 6.23. The van der Waals surface area contributed by atoms with E-state index in [4.69, 9.17) is 4.74 Å². The smallest absolute Gasteiger partial charge is 0.233 e. The maximum atomic E-state index is 12.8. The molecule has 4 aliphatic rings. The van der Waals surface area contributed by atoms with Crippen molar-refractivity contribution in [3.05, 3.63) is 12.2 Å². The number of halogens is 1. The minimum atomic E-state index is -0.121. The second kappa shape index (κ2) is 12.0. The van der Waals surface area contributed by atoms with E-state index in [9.17, 15) is 9.59 Å². The molecule has 3 fully saturated rings. The number of hydrogen-bond donors (Lipinski definition) is 2. The van der Waals surface area contributed by atoms with Crippen LogP contribution in [0.2, 0.25) is 0 Å². The number of rotatable bonds is 9. The molecule has 0 aromatic rings. The van der Waals surface area contributed by atoms with Crippen LogP contribution in [0.3, 0.4) is 0 Å². The second-order valence-corrected chi connectivity index (χ2v) is 9.50. The number of morpholine rings is 1. The van der Waals surface area contributed by atoms with Crippen molar-refractivity contribution in [1.82, 2.24) is 20.4 Å². The molecule has 1 saturated carbocycles. The number of likely N-dealkylation sites (tertiary alicyclic amines) is 1. The highest BCUT2D eigenvalue weighted by atomic mass is 127. The van der Waals surface area contributed by atoms with Gasteiger partial charge < -0.3 is 15.4 Å². The largest absolute Gasteiger partial charge is 0.379 e. The van der Waals surface area contributed by atoms with E-state index in [-0.39, 0.29) is 59.5 Å². The number of nitrogens with zero attached hydrogens (tertiary/aromatic N) is 3. The monoisotopic (exact) mass is 573 g/mol. The number of amides is 2. The lowest BCUT2D eigenvalue weighted by atomic mass is 9.85. The van der Waals surface area contributed by atoms with Crippen molar-refractivity contribution in [3.63, 3.8) is 0 Å². The van der Waals surface area contributed by atoms with Crippen LogP contribution < -0.4 is 10.6 Å². The zero-order valence-corrected chi connectivity index (χ0v) is 22.5. The summed E-state index contributed by atoms with van der Waals surface area (Å²) in [6.45, 7) is 9.75. The Bertz CT molecular complexity index is 720. The molecule has 2 amide bonds. The molecule has 8 nitrogen and oxygen atoms in total. The van der Waals surface area contributed by atoms with Crippen LogP contribution in [-0.2, 0) is 14.3 Å². The van der Waals surface area contributed by atoms with Crippen molar-refractivity contribution in [2.24, 2.45) is 34.6 Å². The Hall–Kier alpha value is -1.20. The summed E-state index contributed by atoms with van der Waals surface area (Å²) in [5, 5.41) is 6.79. The van der Waals surface area contributed by atoms with E-state index in [1.807, 2.05) is 0 Å². The molecule has 2 bridgehead atoms. The Balaban J connectivity index is 0.00000306. The number of hydrogen-bond acceptors (Lipinski definition) is 5. The van der Waals surface area contributed by atoms with Gasteiger partial charge in [-0.25, -0.2) is 0 Å². The number of allylic oxidation sites excluding steroid dienone is 2. The number of carbonyl (C=O) groups excluding carboxylic acids is 2. The minimum Gasteiger partial charge on any atom is -0.379 e. The molecule has 4 rings (SSSR count). The van der Waals surface area contributed by atoms with Crippen LogP contribution >= 0.6 is 24.0 Å². The zero-order chi connectivity index (χ0) is 22.7. The summed E-state index contributed by atoms with van der Waals surface area (Å²) in [4.78, 5) is 34.1. The molecule has 2 saturated heterocycles. The van der Waals surface area contributed by atoms with Crippen LogP contribution in [0.5, 0.6) is 0 Å². The van der Waals surface area contributed by atoms with Crippen LogP contribution in [0.15, 0.2) is 17.1 Å². The van der Waals surface area contributed by atoms with Crippen LogP contribution in [0.4, 0.5) is 0 Å². The van der Waals surface area contributed by atoms with Crippen LogP contribution in [0.25, 0.3) is 0 Å². The van der Waals surface area contributed by atoms with Gasteiger partial charge in [0, 0.05) is 45.8 Å². The summed E-state index contributed by atoms with van der Waals surface area (Å²) >= 11 is 0. The summed E-state index contributed by atoms with van der Waals surface area (Å²) in [5.74, 6) is 1.64. The highest BCUT2D eigenvalue weighted by molar-refractivity contribution is 14.0. The van der Waals surface area contributed by atoms with E-state index in [1.165, 1.54) is 4.90 Å². The van der Waals surface area contributed by atoms with Crippen molar-refractivity contribution < 1.29 is 14.3 Å². The van der Waals surface area contributed by atoms with Crippen molar-refractivity contribution >= 4 is 41.8 Å². The van der Waals surface area contributed by atoms with Gasteiger partial charge in [-0.1, -0.05) is 38.8 Å². The number of fused-ring (bicyclic) bond motifs is 5. The molecule has 0 radical (unpaired) electrons. The lowest BCUT2D eigenvalue weighted by Crippen LogP contribution is -2.53. The van der Waals surface area contributed by atoms with Gasteiger partial charge in [0.25, 0.3) is 0 Å². The SMILES string of the molecule is CCC(CC)C(CNC(=NC)NCCN1C(=O)C2C3C=CC(C3)C2C1=O)N1CCOCC1.I. The van der Waals surface area contributed by atoms with Crippen molar-refractivity contribution in [3.8, 4) is 0 Å². The molecule has 0 aromatic heterocycles. The topological polar surface area (TPSA) is 86.3 Å². The van der Waals surface area contributed by atoms with Gasteiger partial charge in [0.1, 0.15) is 0 Å². The Kier molecular flexibility index (Phi) is 9.58. The third-order valence-electron chi connectivity index (χ3n) is 8.00. The number of aliphatic imine (C=N–C) groups is 1. The Morgan fingerprint density at radius 1 is 1.09 bits per heavy atom. The van der Waals surface area contributed by atoms with Gasteiger partial charge in [-0.15, -0.1) is 24.0 Å². The van der Waals surface area contributed by atoms with E-state index in [0.717, 1.165) is 58.1 Å². The first kappa shape index (κ1) is 26.4. The predicted molar refractivity (Wildman–Crippen MR) is 139 cm³/mol. The van der Waals surface area contributed by atoms with Gasteiger partial charge in [-0.2, -0.15) is 0 Å². The molecule has 2 heterocycles. The van der Waals surface area contributed by atoms with Crippen molar-refractivity contribution in [2.75, 3.05) is 53.0 Å². The number of carbonyl (C=O) groups is 2. The van der Waals surface area contributed by atoms with Crippen LogP contribution in [-0.4, -0.2) is 86.6 Å². The van der Waals surface area contributed by atoms with Crippen molar-refractivity contribution in [2.45, 2.75) is 39.2 Å². The van der Waals surface area contributed by atoms with Gasteiger partial charge >= 0.3 is 0 Å². The molecule has 0 aromatic carbocycles. The van der Waals surface area contributed by atoms with E-state index >= 15 is 0 Å². The number of guanidine groups is 1. The summed E-state index contributed by atoms with van der Waals surface area (Å²) < 4.78 is 5.55. The molecule has 0 spiro atoms. The van der Waals surface area contributed by atoms with Crippen molar-refractivity contribution in [1.29, 1.82) is 0 Å².